The number of rotatable bonds is 7. The maximum absolute atomic E-state index is 13.5. The number of amides is 2. The first-order chi connectivity index (χ1) is 14.7. The van der Waals surface area contributed by atoms with E-state index in [1.807, 2.05) is 12.1 Å². The number of aryl methyl sites for hydroxylation is 2. The molecule has 0 radical (unpaired) electrons. The lowest BCUT2D eigenvalue weighted by Gasteiger charge is -2.19. The molecule has 0 aliphatic carbocycles. The first-order valence-corrected chi connectivity index (χ1v) is 11.1. The van der Waals surface area contributed by atoms with Crippen molar-refractivity contribution in [2.45, 2.75) is 37.6 Å². The molecule has 0 unspecified atom stereocenters. The SMILES string of the molecule is N#C[C@@H]1CC(F)(F)CN1C(=O)CNC(=O)c1csc(CCCc2ccc(Cl)c(Cl)c2)n1. The molecule has 2 aromatic rings. The Labute approximate surface area is 191 Å². The molecule has 6 nitrogen and oxygen atoms in total. The van der Waals surface area contributed by atoms with E-state index in [-0.39, 0.29) is 5.69 Å². The van der Waals surface area contributed by atoms with Gasteiger partial charge < -0.3 is 10.2 Å². The molecule has 1 aliphatic heterocycles. The number of alkyl halides is 2. The van der Waals surface area contributed by atoms with Gasteiger partial charge in [-0.05, 0) is 37.0 Å². The zero-order valence-electron chi connectivity index (χ0n) is 16.2. The lowest BCUT2D eigenvalue weighted by Crippen LogP contribution is -2.43. The second kappa shape index (κ2) is 9.90. The molecule has 1 aromatic heterocycles. The Morgan fingerprint density at radius 1 is 1.32 bits per heavy atom. The average molecular weight is 487 g/mol. The number of nitrogens with zero attached hydrogens (tertiary/aromatic N) is 3. The van der Waals surface area contributed by atoms with Gasteiger partial charge in [-0.15, -0.1) is 11.3 Å². The van der Waals surface area contributed by atoms with Crippen molar-refractivity contribution in [1.82, 2.24) is 15.2 Å². The molecular weight excluding hydrogens is 469 g/mol. The number of nitriles is 1. The fraction of sp³-hybridized carbons (Fsp3) is 0.400. The Morgan fingerprint density at radius 3 is 2.81 bits per heavy atom. The number of halogens is 4. The molecule has 1 aliphatic rings. The van der Waals surface area contributed by atoms with Crippen LogP contribution in [0, 0.1) is 11.3 Å². The van der Waals surface area contributed by atoms with Crippen molar-refractivity contribution < 1.29 is 18.4 Å². The van der Waals surface area contributed by atoms with Crippen molar-refractivity contribution in [2.24, 2.45) is 0 Å². The number of aromatic nitrogens is 1. The molecule has 3 rings (SSSR count). The van der Waals surface area contributed by atoms with Crippen LogP contribution in [0.4, 0.5) is 8.78 Å². The quantitative estimate of drug-likeness (QED) is 0.637. The molecule has 1 fully saturated rings. The third-order valence-corrected chi connectivity index (χ3v) is 6.41. The van der Waals surface area contributed by atoms with Crippen molar-refractivity contribution in [2.75, 3.05) is 13.1 Å². The molecule has 1 N–H and O–H groups in total. The predicted molar refractivity (Wildman–Crippen MR) is 114 cm³/mol. The van der Waals surface area contributed by atoms with Crippen LogP contribution in [0.3, 0.4) is 0 Å². The Bertz CT molecular complexity index is 1020. The van der Waals surface area contributed by atoms with E-state index in [4.69, 9.17) is 28.5 Å². The summed E-state index contributed by atoms with van der Waals surface area (Å²) in [5.74, 6) is -4.39. The van der Waals surface area contributed by atoms with E-state index < -0.39 is 43.3 Å². The summed E-state index contributed by atoms with van der Waals surface area (Å²) in [7, 11) is 0. The van der Waals surface area contributed by atoms with Gasteiger partial charge in [0.05, 0.1) is 34.2 Å². The molecule has 11 heteroatoms. The van der Waals surface area contributed by atoms with Gasteiger partial charge in [0.15, 0.2) is 0 Å². The Balaban J connectivity index is 1.47. The number of carbonyl (C=O) groups excluding carboxylic acids is 2. The van der Waals surface area contributed by atoms with Gasteiger partial charge in [-0.2, -0.15) is 5.26 Å². The minimum atomic E-state index is -3.10. The second-order valence-electron chi connectivity index (χ2n) is 7.14. The molecule has 1 aromatic carbocycles. The van der Waals surface area contributed by atoms with E-state index in [0.717, 1.165) is 28.3 Å². The number of hydrogen-bond donors (Lipinski definition) is 1. The lowest BCUT2D eigenvalue weighted by atomic mass is 10.1. The van der Waals surface area contributed by atoms with E-state index in [2.05, 4.69) is 10.3 Å². The molecule has 1 atom stereocenters. The zero-order valence-corrected chi connectivity index (χ0v) is 18.5. The smallest absolute Gasteiger partial charge is 0.271 e. The summed E-state index contributed by atoms with van der Waals surface area (Å²) in [6, 6.07) is 5.96. The van der Waals surface area contributed by atoms with E-state index in [9.17, 15) is 18.4 Å². The first-order valence-electron chi connectivity index (χ1n) is 9.42. The van der Waals surface area contributed by atoms with Crippen LogP contribution in [0.5, 0.6) is 0 Å². The fourth-order valence-corrected chi connectivity index (χ4v) is 4.35. The van der Waals surface area contributed by atoms with Crippen LogP contribution in [0.1, 0.15) is 33.9 Å². The Morgan fingerprint density at radius 2 is 2.10 bits per heavy atom. The van der Waals surface area contributed by atoms with Gasteiger partial charge in [-0.1, -0.05) is 29.3 Å². The molecule has 0 bridgehead atoms. The summed E-state index contributed by atoms with van der Waals surface area (Å²) in [6.45, 7) is -1.29. The monoisotopic (exact) mass is 486 g/mol. The van der Waals surface area contributed by atoms with Gasteiger partial charge in [-0.3, -0.25) is 9.59 Å². The molecular formula is C20H18Cl2F2N4O2S. The van der Waals surface area contributed by atoms with Gasteiger partial charge >= 0.3 is 0 Å². The number of nitrogens with one attached hydrogen (secondary N) is 1. The third kappa shape index (κ3) is 6.12. The molecule has 2 amide bonds. The summed E-state index contributed by atoms with van der Waals surface area (Å²) in [6.07, 6.45) is 1.53. The van der Waals surface area contributed by atoms with Crippen molar-refractivity contribution in [1.29, 1.82) is 5.26 Å². The van der Waals surface area contributed by atoms with E-state index in [0.29, 0.717) is 16.5 Å². The number of hydrogen-bond acceptors (Lipinski definition) is 5. The standard InChI is InChI=1S/C20H18Cl2F2N4O2S/c21-14-5-4-12(6-15(14)22)2-1-3-17-27-16(10-31-17)19(30)26-9-18(29)28-11-20(23,24)7-13(28)8-25/h4-6,10,13H,1-3,7,9,11H2,(H,26,30)/t13-/m0/s1. The number of thiazole rings is 1. The highest BCUT2D eigenvalue weighted by Gasteiger charge is 2.47. The summed E-state index contributed by atoms with van der Waals surface area (Å²) in [5, 5.41) is 14.7. The molecule has 0 spiro atoms. The van der Waals surface area contributed by atoms with Crippen LogP contribution < -0.4 is 5.32 Å². The lowest BCUT2D eigenvalue weighted by molar-refractivity contribution is -0.131. The first kappa shape index (κ1) is 23.4. The van der Waals surface area contributed by atoms with Crippen LogP contribution in [-0.2, 0) is 17.6 Å². The van der Waals surface area contributed by atoms with Crippen molar-refractivity contribution in [3.63, 3.8) is 0 Å². The van der Waals surface area contributed by atoms with Gasteiger partial charge in [0.2, 0.25) is 5.91 Å². The van der Waals surface area contributed by atoms with Crippen LogP contribution in [0.2, 0.25) is 10.0 Å². The van der Waals surface area contributed by atoms with Gasteiger partial charge in [0.1, 0.15) is 11.7 Å². The molecule has 1 saturated heterocycles. The molecule has 31 heavy (non-hydrogen) atoms. The third-order valence-electron chi connectivity index (χ3n) is 4.76. The summed E-state index contributed by atoms with van der Waals surface area (Å²) >= 11 is 13.2. The topological polar surface area (TPSA) is 86.1 Å². The van der Waals surface area contributed by atoms with E-state index >= 15 is 0 Å². The van der Waals surface area contributed by atoms with Gasteiger partial charge in [-0.25, -0.2) is 13.8 Å². The normalized spacial score (nSPS) is 17.4. The Hall–Kier alpha value is -2.28. The summed E-state index contributed by atoms with van der Waals surface area (Å²) in [4.78, 5) is 29.5. The maximum atomic E-state index is 13.5. The van der Waals surface area contributed by atoms with E-state index in [1.165, 1.54) is 11.3 Å². The van der Waals surface area contributed by atoms with Gasteiger partial charge in [0.25, 0.3) is 11.8 Å². The number of benzene rings is 1. The number of likely N-dealkylation sites (tertiary alicyclic amines) is 1. The second-order valence-corrected chi connectivity index (χ2v) is 8.89. The fourth-order valence-electron chi connectivity index (χ4n) is 3.21. The number of carbonyl (C=O) groups is 2. The molecule has 0 saturated carbocycles. The minimum Gasteiger partial charge on any atom is -0.342 e. The molecule has 2 heterocycles. The highest BCUT2D eigenvalue weighted by atomic mass is 35.5. The van der Waals surface area contributed by atoms with Crippen molar-refractivity contribution in [3.05, 3.63) is 49.9 Å². The van der Waals surface area contributed by atoms with Gasteiger partial charge in [0, 0.05) is 11.8 Å². The zero-order chi connectivity index (χ0) is 22.6. The van der Waals surface area contributed by atoms with Crippen LogP contribution in [-0.4, -0.2) is 46.8 Å². The average Bonchev–Trinajstić information content (AvgIpc) is 3.32. The van der Waals surface area contributed by atoms with E-state index in [1.54, 1.807) is 17.5 Å². The highest BCUT2D eigenvalue weighted by Crippen LogP contribution is 2.31. The van der Waals surface area contributed by atoms with Crippen LogP contribution >= 0.6 is 34.5 Å². The molecule has 164 valence electrons. The summed E-state index contributed by atoms with van der Waals surface area (Å²) < 4.78 is 26.9. The maximum Gasteiger partial charge on any atom is 0.271 e. The predicted octanol–water partition coefficient (Wildman–Crippen LogP) is 4.11. The van der Waals surface area contributed by atoms with Crippen LogP contribution in [0.25, 0.3) is 0 Å². The summed E-state index contributed by atoms with van der Waals surface area (Å²) in [5.41, 5.74) is 1.21. The highest BCUT2D eigenvalue weighted by molar-refractivity contribution is 7.09. The largest absolute Gasteiger partial charge is 0.342 e. The van der Waals surface area contributed by atoms with Crippen molar-refractivity contribution >= 4 is 46.4 Å². The van der Waals surface area contributed by atoms with Crippen molar-refractivity contribution in [3.8, 4) is 6.07 Å². The van der Waals surface area contributed by atoms with Crippen LogP contribution in [0.15, 0.2) is 23.6 Å². The Kier molecular flexibility index (Phi) is 7.46. The minimum absolute atomic E-state index is 0.158.